The predicted molar refractivity (Wildman–Crippen MR) is 108 cm³/mol. The Kier molecular flexibility index (Phi) is 6.12. The van der Waals surface area contributed by atoms with E-state index >= 15 is 0 Å². The number of hydrogen-bond acceptors (Lipinski definition) is 5. The van der Waals surface area contributed by atoms with Crippen molar-refractivity contribution in [2.75, 3.05) is 28.6 Å². The minimum atomic E-state index is -0.597. The third-order valence-corrected chi connectivity index (χ3v) is 5.22. The van der Waals surface area contributed by atoms with Gasteiger partial charge in [-0.25, -0.2) is 14.6 Å². The first-order chi connectivity index (χ1) is 13.0. The zero-order chi connectivity index (χ0) is 19.2. The second kappa shape index (κ2) is 8.72. The Morgan fingerprint density at radius 1 is 1.22 bits per heavy atom. The molecule has 1 aliphatic heterocycles. The van der Waals surface area contributed by atoms with Gasteiger partial charge in [-0.05, 0) is 43.9 Å². The van der Waals surface area contributed by atoms with E-state index in [4.69, 9.17) is 5.73 Å². The Morgan fingerprint density at radius 3 is 2.74 bits per heavy atom. The Hall–Kier alpha value is -2.81. The number of aromatic nitrogens is 1. The van der Waals surface area contributed by atoms with E-state index in [1.165, 1.54) is 30.6 Å². The number of carbonyl (C=O) groups excluding carboxylic acids is 2. The monoisotopic (exact) mass is 388 g/mol. The highest BCUT2D eigenvalue weighted by molar-refractivity contribution is 7.15. The number of thiazole rings is 1. The van der Waals surface area contributed by atoms with E-state index in [1.54, 1.807) is 6.20 Å². The molecule has 144 valence electrons. The Bertz CT molecular complexity index is 816. The van der Waals surface area contributed by atoms with E-state index in [0.717, 1.165) is 34.9 Å². The fourth-order valence-corrected chi connectivity index (χ4v) is 3.76. The van der Waals surface area contributed by atoms with E-state index in [1.807, 2.05) is 12.1 Å². The van der Waals surface area contributed by atoms with Crippen molar-refractivity contribution in [2.24, 2.45) is 5.73 Å². The largest absolute Gasteiger partial charge is 0.370 e. The number of carbonyl (C=O) groups is 2. The maximum absolute atomic E-state index is 12.4. The van der Waals surface area contributed by atoms with E-state index in [2.05, 4.69) is 38.8 Å². The van der Waals surface area contributed by atoms with Crippen molar-refractivity contribution in [3.05, 3.63) is 34.8 Å². The molecule has 0 unspecified atom stereocenters. The lowest BCUT2D eigenvalue weighted by Gasteiger charge is -2.30. The number of primary amides is 1. The number of nitrogens with one attached hydrogen (secondary N) is 3. The van der Waals surface area contributed by atoms with Crippen molar-refractivity contribution in [1.82, 2.24) is 10.3 Å². The molecule has 4 amide bonds. The van der Waals surface area contributed by atoms with Gasteiger partial charge in [-0.2, -0.15) is 0 Å². The SMILES string of the molecule is Cc1ccc(NC(=O)Nc2ncc(CNC(N)=O)s2)c(N2CCCCC2)c1. The third kappa shape index (κ3) is 5.33. The number of aryl methyl sites for hydroxylation is 1. The summed E-state index contributed by atoms with van der Waals surface area (Å²) in [5.74, 6) is 0. The van der Waals surface area contributed by atoms with Crippen LogP contribution < -0.4 is 26.6 Å². The van der Waals surface area contributed by atoms with Gasteiger partial charge in [0.25, 0.3) is 0 Å². The smallest absolute Gasteiger partial charge is 0.325 e. The first kappa shape index (κ1) is 19.0. The van der Waals surface area contributed by atoms with Crippen LogP contribution in [0.15, 0.2) is 24.4 Å². The van der Waals surface area contributed by atoms with Crippen molar-refractivity contribution >= 4 is 39.9 Å². The van der Waals surface area contributed by atoms with Gasteiger partial charge in [-0.3, -0.25) is 5.32 Å². The van der Waals surface area contributed by atoms with Crippen molar-refractivity contribution in [3.63, 3.8) is 0 Å². The fourth-order valence-electron chi connectivity index (χ4n) is 3.02. The zero-order valence-electron chi connectivity index (χ0n) is 15.2. The number of nitrogens with zero attached hydrogens (tertiary/aromatic N) is 2. The molecule has 8 nitrogen and oxygen atoms in total. The van der Waals surface area contributed by atoms with E-state index in [0.29, 0.717) is 5.13 Å². The van der Waals surface area contributed by atoms with Crippen molar-refractivity contribution in [1.29, 1.82) is 0 Å². The standard InChI is InChI=1S/C18H24N6O2S/c1-12-5-6-14(15(9-12)24-7-3-2-4-8-24)22-17(26)23-18-21-11-13(27-18)10-20-16(19)25/h5-6,9,11H,2-4,7-8,10H2,1H3,(H3,19,20,25)(H2,21,22,23,26). The second-order valence-electron chi connectivity index (χ2n) is 6.50. The van der Waals surface area contributed by atoms with Crippen LogP contribution in [0.1, 0.15) is 29.7 Å². The average molecular weight is 388 g/mol. The van der Waals surface area contributed by atoms with E-state index in [9.17, 15) is 9.59 Å². The second-order valence-corrected chi connectivity index (χ2v) is 7.61. The van der Waals surface area contributed by atoms with Gasteiger partial charge in [0, 0.05) is 24.2 Å². The lowest BCUT2D eigenvalue weighted by molar-refractivity contribution is 0.248. The van der Waals surface area contributed by atoms with E-state index < -0.39 is 6.03 Å². The summed E-state index contributed by atoms with van der Waals surface area (Å²) in [6.45, 7) is 4.34. The van der Waals surface area contributed by atoms with Crippen LogP contribution in [0.3, 0.4) is 0 Å². The van der Waals surface area contributed by atoms with Crippen LogP contribution in [0.4, 0.5) is 26.1 Å². The van der Waals surface area contributed by atoms with Crippen LogP contribution >= 0.6 is 11.3 Å². The van der Waals surface area contributed by atoms with Crippen molar-refractivity contribution < 1.29 is 9.59 Å². The molecule has 0 bridgehead atoms. The first-order valence-electron chi connectivity index (χ1n) is 8.93. The summed E-state index contributed by atoms with van der Waals surface area (Å²) < 4.78 is 0. The molecule has 5 N–H and O–H groups in total. The predicted octanol–water partition coefficient (Wildman–Crippen LogP) is 3.25. The van der Waals surface area contributed by atoms with Crippen LogP contribution in [0.25, 0.3) is 0 Å². The summed E-state index contributed by atoms with van der Waals surface area (Å²) in [4.78, 5) is 30.4. The minimum absolute atomic E-state index is 0.285. The molecular formula is C18H24N6O2S. The number of nitrogens with two attached hydrogens (primary N) is 1. The van der Waals surface area contributed by atoms with Gasteiger partial charge in [-0.1, -0.05) is 17.4 Å². The van der Waals surface area contributed by atoms with Gasteiger partial charge < -0.3 is 21.3 Å². The highest BCUT2D eigenvalue weighted by Crippen LogP contribution is 2.30. The number of urea groups is 2. The summed E-state index contributed by atoms with van der Waals surface area (Å²) >= 11 is 1.28. The lowest BCUT2D eigenvalue weighted by Crippen LogP contribution is -2.31. The van der Waals surface area contributed by atoms with Crippen molar-refractivity contribution in [3.8, 4) is 0 Å². The highest BCUT2D eigenvalue weighted by atomic mass is 32.1. The number of anilines is 3. The Balaban J connectivity index is 1.64. The topological polar surface area (TPSA) is 112 Å². The molecule has 1 saturated heterocycles. The quantitative estimate of drug-likeness (QED) is 0.630. The van der Waals surface area contributed by atoms with E-state index in [-0.39, 0.29) is 12.6 Å². The summed E-state index contributed by atoms with van der Waals surface area (Å²) in [5.41, 5.74) is 8.05. The first-order valence-corrected chi connectivity index (χ1v) is 9.74. The van der Waals surface area contributed by atoms with Gasteiger partial charge in [0.2, 0.25) is 0 Å². The molecule has 0 radical (unpaired) electrons. The molecule has 1 fully saturated rings. The molecule has 0 spiro atoms. The number of amides is 4. The zero-order valence-corrected chi connectivity index (χ0v) is 16.1. The molecule has 0 aliphatic carbocycles. The molecule has 2 aromatic rings. The Labute approximate surface area is 162 Å². The maximum Gasteiger partial charge on any atom is 0.325 e. The third-order valence-electron chi connectivity index (χ3n) is 4.31. The van der Waals surface area contributed by atoms with Gasteiger partial charge in [0.05, 0.1) is 17.9 Å². The maximum atomic E-state index is 12.4. The normalized spacial score (nSPS) is 13.9. The number of piperidine rings is 1. The molecule has 1 aromatic carbocycles. The summed E-state index contributed by atoms with van der Waals surface area (Å²) in [7, 11) is 0. The molecule has 1 aromatic heterocycles. The molecule has 0 saturated carbocycles. The molecule has 0 atom stereocenters. The van der Waals surface area contributed by atoms with Crippen LogP contribution in [-0.2, 0) is 6.54 Å². The molecule has 2 heterocycles. The molecular weight excluding hydrogens is 364 g/mol. The van der Waals surface area contributed by atoms with Gasteiger partial charge >= 0.3 is 12.1 Å². The van der Waals surface area contributed by atoms with Gasteiger partial charge in [0.15, 0.2) is 5.13 Å². The molecule has 9 heteroatoms. The minimum Gasteiger partial charge on any atom is -0.370 e. The highest BCUT2D eigenvalue weighted by Gasteiger charge is 2.16. The van der Waals surface area contributed by atoms with Crippen LogP contribution in [0.5, 0.6) is 0 Å². The van der Waals surface area contributed by atoms with Gasteiger partial charge in [0.1, 0.15) is 0 Å². The summed E-state index contributed by atoms with van der Waals surface area (Å²) in [5, 5.41) is 8.62. The fraction of sp³-hybridized carbons (Fsp3) is 0.389. The summed E-state index contributed by atoms with van der Waals surface area (Å²) in [6.07, 6.45) is 5.19. The number of rotatable bonds is 5. The number of benzene rings is 1. The van der Waals surface area contributed by atoms with Crippen LogP contribution in [-0.4, -0.2) is 30.1 Å². The van der Waals surface area contributed by atoms with Crippen LogP contribution in [0.2, 0.25) is 0 Å². The molecule has 1 aliphatic rings. The number of hydrogen-bond donors (Lipinski definition) is 4. The molecule has 3 rings (SSSR count). The van der Waals surface area contributed by atoms with Crippen LogP contribution in [0, 0.1) is 6.92 Å². The van der Waals surface area contributed by atoms with Crippen molar-refractivity contribution in [2.45, 2.75) is 32.7 Å². The summed E-state index contributed by atoms with van der Waals surface area (Å²) in [6, 6.07) is 5.09. The Morgan fingerprint density at radius 2 is 2.00 bits per heavy atom. The average Bonchev–Trinajstić information content (AvgIpc) is 3.09. The van der Waals surface area contributed by atoms with Gasteiger partial charge in [-0.15, -0.1) is 0 Å². The molecule has 27 heavy (non-hydrogen) atoms. The lowest BCUT2D eigenvalue weighted by atomic mass is 10.1.